The Morgan fingerprint density at radius 2 is 1.89 bits per heavy atom. The second kappa shape index (κ2) is 5.75. The van der Waals surface area contributed by atoms with E-state index in [0.29, 0.717) is 5.56 Å². The average Bonchev–Trinajstić information content (AvgIpc) is 2.80. The summed E-state index contributed by atoms with van der Waals surface area (Å²) in [5, 5.41) is 6.96. The molecule has 1 aromatic carbocycles. The molecular weight excluding hydrogens is 260 g/mol. The normalized spacial score (nSPS) is 21.4. The Kier molecular flexibility index (Phi) is 4.06. The molecule has 2 N–H and O–H groups in total. The van der Waals surface area contributed by atoms with Crippen molar-refractivity contribution in [3.05, 3.63) is 54.5 Å². The number of hydrogen-bond acceptors (Lipinski definition) is 3. The first-order valence-corrected chi connectivity index (χ1v) is 6.65. The van der Waals surface area contributed by atoms with Crippen molar-refractivity contribution in [3.63, 3.8) is 0 Å². The third-order valence-corrected chi connectivity index (χ3v) is 3.55. The van der Waals surface area contributed by atoms with Gasteiger partial charge in [0.15, 0.2) is 5.78 Å². The van der Waals surface area contributed by atoms with Gasteiger partial charge in [-0.1, -0.05) is 36.5 Å². The molecular formula is C14H14N2O2S. The van der Waals surface area contributed by atoms with Gasteiger partial charge in [-0.15, -0.1) is 6.58 Å². The lowest BCUT2D eigenvalue weighted by atomic mass is 9.99. The Balaban J connectivity index is 2.16. The van der Waals surface area contributed by atoms with Crippen LogP contribution in [0.2, 0.25) is 0 Å². The second-order valence-corrected chi connectivity index (χ2v) is 5.07. The molecule has 1 aliphatic heterocycles. The molecule has 0 aliphatic carbocycles. The van der Waals surface area contributed by atoms with Crippen molar-refractivity contribution in [2.24, 2.45) is 0 Å². The summed E-state index contributed by atoms with van der Waals surface area (Å²) < 4.78 is 0. The average molecular weight is 274 g/mol. The van der Waals surface area contributed by atoms with Gasteiger partial charge in [-0.05, 0) is 17.5 Å². The molecule has 0 saturated carbocycles. The summed E-state index contributed by atoms with van der Waals surface area (Å²) in [7, 11) is 0. The molecule has 0 bridgehead atoms. The molecule has 19 heavy (non-hydrogen) atoms. The summed E-state index contributed by atoms with van der Waals surface area (Å²) in [6.45, 7) is 7.26. The van der Waals surface area contributed by atoms with Crippen LogP contribution in [0.15, 0.2) is 53.8 Å². The Labute approximate surface area is 116 Å². The Hall–Kier alpha value is -2.01. The van der Waals surface area contributed by atoms with Crippen LogP contribution in [0.3, 0.4) is 0 Å². The van der Waals surface area contributed by atoms with E-state index in [1.54, 1.807) is 23.6 Å². The molecule has 2 amide bonds. The fraction of sp³-hybridized carbons (Fsp3) is 0.143. The molecule has 1 fully saturated rings. The van der Waals surface area contributed by atoms with E-state index in [4.69, 9.17) is 0 Å². The molecule has 0 spiro atoms. The first-order valence-electron chi connectivity index (χ1n) is 5.77. The van der Waals surface area contributed by atoms with Gasteiger partial charge in [0.1, 0.15) is 6.04 Å². The van der Waals surface area contributed by atoms with E-state index < -0.39 is 6.04 Å². The standard InChI is InChI=1S/C14H14N2O2S/c1-3-11-12(16-14(18)15-11)13(17)9-5-7-10(8-6-9)19-4-2/h3-8,11-12H,1-2H2,(H2,15,16,18). The minimum Gasteiger partial charge on any atom is -0.329 e. The largest absolute Gasteiger partial charge is 0.329 e. The van der Waals surface area contributed by atoms with Crippen molar-refractivity contribution in [2.45, 2.75) is 17.0 Å². The van der Waals surface area contributed by atoms with Crippen LogP contribution in [0.1, 0.15) is 10.4 Å². The number of amides is 2. The van der Waals surface area contributed by atoms with Gasteiger partial charge < -0.3 is 10.6 Å². The van der Waals surface area contributed by atoms with Crippen LogP contribution < -0.4 is 10.6 Å². The number of rotatable bonds is 5. The van der Waals surface area contributed by atoms with Crippen molar-refractivity contribution in [1.82, 2.24) is 10.6 Å². The van der Waals surface area contributed by atoms with Crippen LogP contribution >= 0.6 is 11.8 Å². The molecule has 4 nitrogen and oxygen atoms in total. The van der Waals surface area contributed by atoms with Crippen LogP contribution in [-0.2, 0) is 0 Å². The molecule has 2 atom stereocenters. The molecule has 1 heterocycles. The highest BCUT2D eigenvalue weighted by molar-refractivity contribution is 8.02. The van der Waals surface area contributed by atoms with Gasteiger partial charge in [0.05, 0.1) is 6.04 Å². The lowest BCUT2D eigenvalue weighted by molar-refractivity contribution is 0.0950. The molecule has 98 valence electrons. The number of Topliss-reactive ketones (excluding diaryl/α,β-unsaturated/α-hetero) is 1. The van der Waals surface area contributed by atoms with E-state index in [1.165, 1.54) is 11.8 Å². The van der Waals surface area contributed by atoms with Gasteiger partial charge in [0, 0.05) is 10.5 Å². The lowest BCUT2D eigenvalue weighted by Gasteiger charge is -2.13. The lowest BCUT2D eigenvalue weighted by Crippen LogP contribution is -2.39. The predicted molar refractivity (Wildman–Crippen MR) is 76.3 cm³/mol. The summed E-state index contributed by atoms with van der Waals surface area (Å²) in [6.07, 6.45) is 1.56. The number of urea groups is 1. The van der Waals surface area contributed by atoms with Crippen LogP contribution in [0.4, 0.5) is 4.79 Å². The number of thioether (sulfide) groups is 1. The van der Waals surface area contributed by atoms with Gasteiger partial charge in [0.2, 0.25) is 0 Å². The van der Waals surface area contributed by atoms with Gasteiger partial charge in [-0.25, -0.2) is 4.79 Å². The van der Waals surface area contributed by atoms with Crippen LogP contribution in [0.25, 0.3) is 0 Å². The number of benzene rings is 1. The second-order valence-electron chi connectivity index (χ2n) is 4.03. The van der Waals surface area contributed by atoms with E-state index in [0.717, 1.165) is 4.90 Å². The van der Waals surface area contributed by atoms with Crippen molar-refractivity contribution < 1.29 is 9.59 Å². The summed E-state index contributed by atoms with van der Waals surface area (Å²) in [6, 6.07) is 5.89. The Bertz CT molecular complexity index is 525. The summed E-state index contributed by atoms with van der Waals surface area (Å²) >= 11 is 1.49. The quantitative estimate of drug-likeness (QED) is 0.492. The summed E-state index contributed by atoms with van der Waals surface area (Å²) in [4.78, 5) is 24.6. The number of carbonyl (C=O) groups is 2. The van der Waals surface area contributed by atoms with Gasteiger partial charge >= 0.3 is 6.03 Å². The topological polar surface area (TPSA) is 58.2 Å². The van der Waals surface area contributed by atoms with Gasteiger partial charge in [0.25, 0.3) is 0 Å². The van der Waals surface area contributed by atoms with E-state index in [1.807, 2.05) is 12.1 Å². The van der Waals surface area contributed by atoms with E-state index in [-0.39, 0.29) is 17.9 Å². The number of hydrogen-bond donors (Lipinski definition) is 2. The highest BCUT2D eigenvalue weighted by atomic mass is 32.2. The predicted octanol–water partition coefficient (Wildman–Crippen LogP) is 2.34. The molecule has 2 rings (SSSR count). The third-order valence-electron chi connectivity index (χ3n) is 2.84. The molecule has 2 unspecified atom stereocenters. The van der Waals surface area contributed by atoms with Crippen molar-refractivity contribution in [2.75, 3.05) is 0 Å². The maximum absolute atomic E-state index is 12.3. The molecule has 0 radical (unpaired) electrons. The monoisotopic (exact) mass is 274 g/mol. The maximum Gasteiger partial charge on any atom is 0.316 e. The molecule has 1 aromatic rings. The van der Waals surface area contributed by atoms with Gasteiger partial charge in [-0.2, -0.15) is 0 Å². The first kappa shape index (κ1) is 13.4. The minimum atomic E-state index is -0.595. The fourth-order valence-corrected chi connectivity index (χ4v) is 2.39. The zero-order chi connectivity index (χ0) is 13.8. The van der Waals surface area contributed by atoms with Crippen LogP contribution in [0.5, 0.6) is 0 Å². The number of nitrogens with one attached hydrogen (secondary N) is 2. The van der Waals surface area contributed by atoms with Crippen molar-refractivity contribution in [1.29, 1.82) is 0 Å². The van der Waals surface area contributed by atoms with Crippen LogP contribution in [0, 0.1) is 0 Å². The smallest absolute Gasteiger partial charge is 0.316 e. The fourth-order valence-electron chi connectivity index (χ4n) is 1.90. The highest BCUT2D eigenvalue weighted by Crippen LogP contribution is 2.20. The molecule has 0 aromatic heterocycles. The highest BCUT2D eigenvalue weighted by Gasteiger charge is 2.35. The SMILES string of the molecule is C=CSc1ccc(C(=O)C2NC(=O)NC2C=C)cc1. The molecule has 1 saturated heterocycles. The van der Waals surface area contributed by atoms with E-state index >= 15 is 0 Å². The first-order chi connectivity index (χ1) is 9.15. The zero-order valence-electron chi connectivity index (χ0n) is 10.3. The van der Waals surface area contributed by atoms with E-state index in [2.05, 4.69) is 23.8 Å². The van der Waals surface area contributed by atoms with Gasteiger partial charge in [-0.3, -0.25) is 4.79 Å². The molecule has 5 heteroatoms. The molecule has 1 aliphatic rings. The Morgan fingerprint density at radius 3 is 2.47 bits per heavy atom. The summed E-state index contributed by atoms with van der Waals surface area (Å²) in [5.41, 5.74) is 0.564. The third kappa shape index (κ3) is 2.88. The summed E-state index contributed by atoms with van der Waals surface area (Å²) in [5.74, 6) is -0.126. The van der Waals surface area contributed by atoms with Crippen molar-refractivity contribution in [3.8, 4) is 0 Å². The Morgan fingerprint density at radius 1 is 1.21 bits per heavy atom. The minimum absolute atomic E-state index is 0.126. The maximum atomic E-state index is 12.3. The van der Waals surface area contributed by atoms with Crippen molar-refractivity contribution >= 4 is 23.6 Å². The number of ketones is 1. The van der Waals surface area contributed by atoms with E-state index in [9.17, 15) is 9.59 Å². The zero-order valence-corrected chi connectivity index (χ0v) is 11.1. The van der Waals surface area contributed by atoms with Crippen LogP contribution in [-0.4, -0.2) is 23.9 Å². The number of carbonyl (C=O) groups excluding carboxylic acids is 2.